The first-order valence-corrected chi connectivity index (χ1v) is 3.84. The van der Waals surface area contributed by atoms with Crippen LogP contribution in [0.25, 0.3) is 0 Å². The molecule has 0 radical (unpaired) electrons. The summed E-state index contributed by atoms with van der Waals surface area (Å²) in [6.45, 7) is 0. The molecule has 0 atom stereocenters. The van der Waals surface area contributed by atoms with E-state index in [0.717, 1.165) is 0 Å². The highest BCUT2D eigenvalue weighted by Gasteiger charge is 2.42. The number of aliphatic hydroxyl groups excluding tert-OH is 1. The van der Waals surface area contributed by atoms with E-state index in [2.05, 4.69) is 0 Å². The normalized spacial score (nSPS) is 36.2. The zero-order chi connectivity index (χ0) is 9.41. The third-order valence-corrected chi connectivity index (χ3v) is 2.19. The van der Waals surface area contributed by atoms with Crippen molar-refractivity contribution < 1.29 is 18.3 Å². The SMILES string of the molecule is NC1(CCC(F)(F)F)CC(O)C1. The lowest BCUT2D eigenvalue weighted by Crippen LogP contribution is -2.54. The van der Waals surface area contributed by atoms with Crippen LogP contribution >= 0.6 is 0 Å². The largest absolute Gasteiger partial charge is 0.393 e. The number of hydrogen-bond acceptors (Lipinski definition) is 2. The van der Waals surface area contributed by atoms with Crippen LogP contribution in [0.15, 0.2) is 0 Å². The maximum absolute atomic E-state index is 11.7. The number of alkyl halides is 3. The molecule has 0 unspecified atom stereocenters. The molecule has 0 saturated heterocycles. The highest BCUT2D eigenvalue weighted by molar-refractivity contribution is 4.98. The van der Waals surface area contributed by atoms with E-state index >= 15 is 0 Å². The lowest BCUT2D eigenvalue weighted by molar-refractivity contribution is -0.142. The van der Waals surface area contributed by atoms with Crippen LogP contribution in [0.4, 0.5) is 13.2 Å². The molecule has 1 rings (SSSR count). The van der Waals surface area contributed by atoms with Crippen molar-refractivity contribution in [1.29, 1.82) is 0 Å². The van der Waals surface area contributed by atoms with E-state index in [4.69, 9.17) is 10.8 Å². The number of nitrogens with two attached hydrogens (primary N) is 1. The summed E-state index contributed by atoms with van der Waals surface area (Å²) in [5.41, 5.74) is 4.77. The Morgan fingerprint density at radius 2 is 1.92 bits per heavy atom. The maximum Gasteiger partial charge on any atom is 0.389 e. The molecular weight excluding hydrogens is 171 g/mol. The Bertz CT molecular complexity index is 163. The quantitative estimate of drug-likeness (QED) is 0.675. The first-order chi connectivity index (χ1) is 5.31. The molecule has 12 heavy (non-hydrogen) atoms. The highest BCUT2D eigenvalue weighted by Crippen LogP contribution is 2.36. The third kappa shape index (κ3) is 2.64. The van der Waals surface area contributed by atoms with E-state index in [1.54, 1.807) is 0 Å². The fraction of sp³-hybridized carbons (Fsp3) is 1.00. The van der Waals surface area contributed by atoms with Crippen molar-refractivity contribution in [3.8, 4) is 0 Å². The van der Waals surface area contributed by atoms with Crippen LogP contribution in [0.1, 0.15) is 25.7 Å². The van der Waals surface area contributed by atoms with Gasteiger partial charge in [-0.15, -0.1) is 0 Å². The zero-order valence-corrected chi connectivity index (χ0v) is 6.56. The Morgan fingerprint density at radius 1 is 1.42 bits per heavy atom. The van der Waals surface area contributed by atoms with Crippen LogP contribution in [-0.4, -0.2) is 22.9 Å². The molecule has 1 aliphatic rings. The van der Waals surface area contributed by atoms with Gasteiger partial charge in [-0.3, -0.25) is 0 Å². The summed E-state index contributed by atoms with van der Waals surface area (Å²) in [5.74, 6) is 0. The van der Waals surface area contributed by atoms with Crippen LogP contribution in [-0.2, 0) is 0 Å². The summed E-state index contributed by atoms with van der Waals surface area (Å²) in [6.07, 6.45) is -4.97. The topological polar surface area (TPSA) is 46.2 Å². The standard InChI is InChI=1S/C7H12F3NO/c8-7(9,10)2-1-6(11)3-5(12)4-6/h5,12H,1-4,11H2. The average Bonchev–Trinajstić information content (AvgIpc) is 1.79. The molecule has 0 heterocycles. The Balaban J connectivity index is 2.24. The van der Waals surface area contributed by atoms with Gasteiger partial charge in [-0.25, -0.2) is 0 Å². The second kappa shape index (κ2) is 2.88. The van der Waals surface area contributed by atoms with Crippen molar-refractivity contribution in [3.05, 3.63) is 0 Å². The monoisotopic (exact) mass is 183 g/mol. The smallest absolute Gasteiger partial charge is 0.389 e. The molecule has 0 aromatic rings. The summed E-state index contributed by atoms with van der Waals surface area (Å²) >= 11 is 0. The van der Waals surface area contributed by atoms with Crippen LogP contribution in [0.5, 0.6) is 0 Å². The summed E-state index contributed by atoms with van der Waals surface area (Å²) in [7, 11) is 0. The van der Waals surface area contributed by atoms with Gasteiger partial charge in [-0.05, 0) is 19.3 Å². The van der Waals surface area contributed by atoms with Gasteiger partial charge in [0.05, 0.1) is 6.10 Å². The van der Waals surface area contributed by atoms with E-state index in [1.807, 2.05) is 0 Å². The van der Waals surface area contributed by atoms with Crippen molar-refractivity contribution in [2.24, 2.45) is 5.73 Å². The van der Waals surface area contributed by atoms with Crippen molar-refractivity contribution >= 4 is 0 Å². The van der Waals surface area contributed by atoms with Crippen LogP contribution in [0.3, 0.4) is 0 Å². The average molecular weight is 183 g/mol. The summed E-state index contributed by atoms with van der Waals surface area (Å²) < 4.78 is 35.2. The van der Waals surface area contributed by atoms with Gasteiger partial charge in [0.15, 0.2) is 0 Å². The van der Waals surface area contributed by atoms with Gasteiger partial charge in [-0.1, -0.05) is 0 Å². The van der Waals surface area contributed by atoms with Crippen molar-refractivity contribution in [2.75, 3.05) is 0 Å². The molecule has 0 spiro atoms. The van der Waals surface area contributed by atoms with Gasteiger partial charge < -0.3 is 10.8 Å². The Morgan fingerprint density at radius 3 is 2.25 bits per heavy atom. The fourth-order valence-corrected chi connectivity index (χ4v) is 1.47. The van der Waals surface area contributed by atoms with E-state index in [0.29, 0.717) is 12.8 Å². The molecular formula is C7H12F3NO. The third-order valence-electron chi connectivity index (χ3n) is 2.19. The van der Waals surface area contributed by atoms with E-state index in [-0.39, 0.29) is 6.42 Å². The Kier molecular flexibility index (Phi) is 2.35. The molecule has 1 aliphatic carbocycles. The number of hydrogen-bond donors (Lipinski definition) is 2. The van der Waals surface area contributed by atoms with Gasteiger partial charge in [0.25, 0.3) is 0 Å². The molecule has 0 aromatic carbocycles. The van der Waals surface area contributed by atoms with Crippen LogP contribution in [0, 0.1) is 0 Å². The predicted molar refractivity (Wildman–Crippen MR) is 37.4 cm³/mol. The Hall–Kier alpha value is -0.290. The molecule has 2 nitrogen and oxygen atoms in total. The van der Waals surface area contributed by atoms with Crippen molar-refractivity contribution in [2.45, 2.75) is 43.5 Å². The molecule has 0 aliphatic heterocycles. The van der Waals surface area contributed by atoms with Gasteiger partial charge in [0.2, 0.25) is 0 Å². The molecule has 1 saturated carbocycles. The van der Waals surface area contributed by atoms with E-state index in [9.17, 15) is 13.2 Å². The first-order valence-electron chi connectivity index (χ1n) is 3.84. The Labute approximate surface area is 68.6 Å². The van der Waals surface area contributed by atoms with Gasteiger partial charge in [0.1, 0.15) is 0 Å². The fourth-order valence-electron chi connectivity index (χ4n) is 1.47. The zero-order valence-electron chi connectivity index (χ0n) is 6.56. The lowest BCUT2D eigenvalue weighted by Gasteiger charge is -2.42. The van der Waals surface area contributed by atoms with Gasteiger partial charge in [-0.2, -0.15) is 13.2 Å². The number of rotatable bonds is 2. The predicted octanol–water partition coefficient (Wildman–Crippen LogP) is 1.18. The highest BCUT2D eigenvalue weighted by atomic mass is 19.4. The second-order valence-electron chi connectivity index (χ2n) is 3.54. The van der Waals surface area contributed by atoms with Crippen molar-refractivity contribution in [3.63, 3.8) is 0 Å². The number of aliphatic hydroxyl groups is 1. The van der Waals surface area contributed by atoms with E-state index in [1.165, 1.54) is 0 Å². The molecule has 0 amide bonds. The van der Waals surface area contributed by atoms with Crippen LogP contribution in [0.2, 0.25) is 0 Å². The number of halogens is 3. The van der Waals surface area contributed by atoms with E-state index < -0.39 is 24.2 Å². The molecule has 5 heteroatoms. The molecule has 0 bridgehead atoms. The first kappa shape index (κ1) is 9.80. The maximum atomic E-state index is 11.7. The molecule has 72 valence electrons. The minimum Gasteiger partial charge on any atom is -0.393 e. The lowest BCUT2D eigenvalue weighted by atomic mass is 9.72. The van der Waals surface area contributed by atoms with Gasteiger partial charge in [0, 0.05) is 12.0 Å². The summed E-state index contributed by atoms with van der Waals surface area (Å²) in [4.78, 5) is 0. The minimum absolute atomic E-state index is 0.0758. The van der Waals surface area contributed by atoms with Crippen molar-refractivity contribution in [1.82, 2.24) is 0 Å². The van der Waals surface area contributed by atoms with Crippen LogP contribution < -0.4 is 5.73 Å². The summed E-state index contributed by atoms with van der Waals surface area (Å²) in [6, 6.07) is 0. The minimum atomic E-state index is -4.13. The molecule has 1 fully saturated rings. The second-order valence-corrected chi connectivity index (χ2v) is 3.54. The summed E-state index contributed by atoms with van der Waals surface area (Å²) in [5, 5.41) is 8.85. The molecule has 0 aromatic heterocycles. The molecule has 3 N–H and O–H groups in total. The van der Waals surface area contributed by atoms with Gasteiger partial charge >= 0.3 is 6.18 Å².